The molecule has 6 aliphatic rings. The van der Waals surface area contributed by atoms with E-state index in [0.29, 0.717) is 17.5 Å². The molecular weight excluding hydrogens is 1830 g/mol. The number of fused-ring (bicyclic) bond motifs is 27. The van der Waals surface area contributed by atoms with Gasteiger partial charge in [0.1, 0.15) is 34.5 Å². The molecule has 0 fully saturated rings. The molecule has 6 heterocycles. The van der Waals surface area contributed by atoms with E-state index in [1.165, 1.54) is 89.0 Å². The maximum absolute atomic E-state index is 6.84. The van der Waals surface area contributed by atoms with Gasteiger partial charge in [-0.3, -0.25) is 0 Å². The van der Waals surface area contributed by atoms with E-state index >= 15 is 0 Å². The van der Waals surface area contributed by atoms with E-state index in [1.54, 1.807) is 0 Å². The van der Waals surface area contributed by atoms with Crippen molar-refractivity contribution in [3.63, 3.8) is 0 Å². The summed E-state index contributed by atoms with van der Waals surface area (Å²) in [5, 5.41) is 0. The van der Waals surface area contributed by atoms with Crippen LogP contribution in [0.25, 0.3) is 168 Å². The first kappa shape index (κ1) is 88.0. The molecule has 9 nitrogen and oxygen atoms in total. The van der Waals surface area contributed by atoms with Gasteiger partial charge < -0.3 is 14.2 Å². The molecule has 3 aliphatic carbocycles. The Morgan fingerprint density at radius 1 is 0.113 bits per heavy atom. The van der Waals surface area contributed by atoms with Crippen LogP contribution in [0.1, 0.15) is 66.8 Å². The third kappa shape index (κ3) is 14.7. The summed E-state index contributed by atoms with van der Waals surface area (Å²) in [6, 6.07) is 192. The number of hydrogen-bond acceptors (Lipinski definition) is 9. The third-order valence-corrected chi connectivity index (χ3v) is 30.6. The van der Waals surface area contributed by atoms with Gasteiger partial charge in [-0.2, -0.15) is 0 Å². The van der Waals surface area contributed by atoms with Gasteiger partial charge in [0.15, 0.2) is 17.5 Å². The van der Waals surface area contributed by atoms with Crippen molar-refractivity contribution >= 4 is 0 Å². The van der Waals surface area contributed by atoms with Crippen molar-refractivity contribution in [1.29, 1.82) is 0 Å². The lowest BCUT2D eigenvalue weighted by Crippen LogP contribution is -2.32. The predicted octanol–water partition coefficient (Wildman–Crippen LogP) is 34.8. The molecule has 3 aromatic heterocycles. The van der Waals surface area contributed by atoms with E-state index in [2.05, 4.69) is 467 Å². The molecule has 3 spiro atoms. The Morgan fingerprint density at radius 2 is 0.267 bits per heavy atom. The number of hydrogen-bond donors (Lipinski definition) is 0. The normalized spacial score (nSPS) is 13.1. The predicted molar refractivity (Wildman–Crippen MR) is 603 cm³/mol. The van der Waals surface area contributed by atoms with Crippen LogP contribution in [0, 0.1) is 0 Å². The number of nitrogens with zero attached hydrogens (tertiary/aromatic N) is 6. The minimum absolute atomic E-state index is 0.488. The number of aromatic nitrogens is 6. The van der Waals surface area contributed by atoms with Crippen LogP contribution in [-0.2, 0) is 16.2 Å². The number of benzene rings is 21. The van der Waals surface area contributed by atoms with Crippen molar-refractivity contribution < 1.29 is 14.2 Å². The number of rotatable bonds is 12. The fraction of sp³-hybridized carbons (Fsp3) is 0.0213. The maximum Gasteiger partial charge on any atom is 0.160 e. The molecule has 0 unspecified atom stereocenters. The molecule has 24 aromatic rings. The van der Waals surface area contributed by atoms with Crippen LogP contribution in [0.15, 0.2) is 546 Å². The zero-order valence-corrected chi connectivity index (χ0v) is 81.4. The topological polar surface area (TPSA) is 105 Å². The first-order chi connectivity index (χ1) is 74.3. The highest BCUT2D eigenvalue weighted by Gasteiger charge is 2.55. The van der Waals surface area contributed by atoms with Crippen LogP contribution < -0.4 is 14.2 Å². The van der Waals surface area contributed by atoms with E-state index in [4.69, 9.17) is 44.1 Å². The van der Waals surface area contributed by atoms with Gasteiger partial charge in [-0.05, 0) is 155 Å². The van der Waals surface area contributed by atoms with Crippen molar-refractivity contribution in [2.45, 2.75) is 16.2 Å². The van der Waals surface area contributed by atoms with E-state index < -0.39 is 16.2 Å². The SMILES string of the molecule is c1ccc(-c2cc(-c3ccccc3)nc(-c3ccc4c(c3)Oc3ccccc3C43c4ccccc4-c4ccccc43)n2)cc1.c1ccc(-c2ccc(-c3cc(-c4ccc(-c5ccccc5)cc4)nc(-c4ccc5c(c4)Oc4ccccc4C54c5ccccc5-c5ccccc54)n3)cc2)cc1.c1ccc(-c2ccc(-c3cc(-c4ccccc4)nc(-c4ccc5c(c4)Oc4ccccc4C54c5ccccc5-c5ccccc54)n3)cc2)cc1. The van der Waals surface area contributed by atoms with Gasteiger partial charge in [0.05, 0.1) is 50.4 Å². The summed E-state index contributed by atoms with van der Waals surface area (Å²) >= 11 is 0. The van der Waals surface area contributed by atoms with E-state index in [1.807, 2.05) is 78.9 Å². The largest absolute Gasteiger partial charge is 0.457 e. The second-order valence-corrected chi connectivity index (χ2v) is 38.8. The van der Waals surface area contributed by atoms with Gasteiger partial charge in [0, 0.05) is 83.5 Å². The lowest BCUT2D eigenvalue weighted by molar-refractivity contribution is 0.436. The summed E-state index contributed by atoms with van der Waals surface area (Å²) < 4.78 is 20.4. The third-order valence-electron chi connectivity index (χ3n) is 30.6. The van der Waals surface area contributed by atoms with Crippen molar-refractivity contribution in [3.05, 3.63) is 613 Å². The molecule has 0 saturated heterocycles. The highest BCUT2D eigenvalue weighted by Crippen LogP contribution is 2.67. The van der Waals surface area contributed by atoms with E-state index in [9.17, 15) is 0 Å². The molecule has 0 saturated carbocycles. The van der Waals surface area contributed by atoms with Crippen molar-refractivity contribution in [1.82, 2.24) is 29.9 Å². The fourth-order valence-electron chi connectivity index (χ4n) is 23.8. The lowest BCUT2D eigenvalue weighted by atomic mass is 9.66. The molecule has 150 heavy (non-hydrogen) atoms. The van der Waals surface area contributed by atoms with Gasteiger partial charge in [0.2, 0.25) is 0 Å². The summed E-state index contributed by atoms with van der Waals surface area (Å²) in [6.07, 6.45) is 0. The van der Waals surface area contributed by atoms with Crippen LogP contribution >= 0.6 is 0 Å². The molecule has 0 amide bonds. The van der Waals surface area contributed by atoms with Gasteiger partial charge in [-0.15, -0.1) is 0 Å². The smallest absolute Gasteiger partial charge is 0.160 e. The highest BCUT2D eigenvalue weighted by molar-refractivity contribution is 5.94. The number of ether oxygens (including phenoxy) is 3. The zero-order valence-electron chi connectivity index (χ0n) is 81.4. The summed E-state index contributed by atoms with van der Waals surface area (Å²) in [5.74, 6) is 6.99. The summed E-state index contributed by atoms with van der Waals surface area (Å²) in [6.45, 7) is 0. The Kier molecular flexibility index (Phi) is 21.4. The second-order valence-electron chi connectivity index (χ2n) is 38.8. The molecule has 9 heteroatoms. The van der Waals surface area contributed by atoms with Gasteiger partial charge in [0.25, 0.3) is 0 Å². The number of para-hydroxylation sites is 3. The van der Waals surface area contributed by atoms with Crippen LogP contribution in [0.2, 0.25) is 0 Å². The van der Waals surface area contributed by atoms with E-state index in [-0.39, 0.29) is 0 Å². The van der Waals surface area contributed by atoms with Crippen molar-refractivity contribution in [2.24, 2.45) is 0 Å². The quantitative estimate of drug-likeness (QED) is 0.118. The van der Waals surface area contributed by atoms with Crippen LogP contribution in [-0.4, -0.2) is 29.9 Å². The molecule has 21 aromatic carbocycles. The summed E-state index contributed by atoms with van der Waals surface area (Å²) in [7, 11) is 0. The van der Waals surface area contributed by atoms with Gasteiger partial charge in [-0.1, -0.05) is 491 Å². The molecule has 0 radical (unpaired) electrons. The lowest BCUT2D eigenvalue weighted by Gasteiger charge is -2.39. The minimum atomic E-state index is -0.523. The Bertz CT molecular complexity index is 9100. The molecule has 0 bridgehead atoms. The molecule has 0 N–H and O–H groups in total. The Morgan fingerprint density at radius 3 is 0.487 bits per heavy atom. The molecule has 0 atom stereocenters. The van der Waals surface area contributed by atoms with Gasteiger partial charge in [-0.25, -0.2) is 29.9 Å². The first-order valence-corrected chi connectivity index (χ1v) is 51.0. The van der Waals surface area contributed by atoms with Crippen LogP contribution in [0.3, 0.4) is 0 Å². The molecular formula is C141H90N6O3. The highest BCUT2D eigenvalue weighted by atomic mass is 16.5. The van der Waals surface area contributed by atoms with Gasteiger partial charge >= 0.3 is 0 Å². The van der Waals surface area contributed by atoms with Crippen molar-refractivity contribution in [2.75, 3.05) is 0 Å². The minimum Gasteiger partial charge on any atom is -0.457 e. The summed E-state index contributed by atoms with van der Waals surface area (Å²) in [4.78, 5) is 31.0. The molecule has 3 aliphatic heterocycles. The molecule has 30 rings (SSSR count). The van der Waals surface area contributed by atoms with E-state index in [0.717, 1.165) is 163 Å². The van der Waals surface area contributed by atoms with Crippen LogP contribution in [0.4, 0.5) is 0 Å². The summed E-state index contributed by atoms with van der Waals surface area (Å²) in [5.41, 5.74) is 41.7. The first-order valence-electron chi connectivity index (χ1n) is 51.0. The monoisotopic (exact) mass is 1910 g/mol. The Balaban J connectivity index is 0.000000109. The van der Waals surface area contributed by atoms with Crippen molar-refractivity contribution in [3.8, 4) is 203 Å². The molecule has 702 valence electrons. The van der Waals surface area contributed by atoms with Crippen LogP contribution in [0.5, 0.6) is 34.5 Å². The average molecular weight is 1920 g/mol. The fourth-order valence-corrected chi connectivity index (χ4v) is 23.8. The second kappa shape index (κ2) is 36.5. The Labute approximate surface area is 869 Å². The average Bonchev–Trinajstić information content (AvgIpc) is 1.52. The standard InChI is InChI=1S/C53H34N2O.C47H30N2O.C41H26N2O/c1-3-13-35(14-4-1)37-23-27-39(28-24-37)48-34-49(40-29-25-38(26-30-40)36-15-5-2-6-16-36)55-52(54-48)41-31-32-47-51(33-41)56-50-22-12-11-21-46(50)53(47)44-19-9-7-17-42(44)43-18-8-10-20-45(43)53;1-3-13-31(14-4-1)32-23-25-34(26-24-32)43-30-42(33-15-5-2-6-16-33)48-46(49-43)35-27-28-41-45(29-35)50-44-22-12-11-21-40(44)47(41)38-19-9-7-17-36(38)37-18-8-10-20-39(37)47;1-3-13-27(14-4-1)36-26-37(28-15-5-2-6-16-28)43-40(42-36)29-23-24-35-39(25-29)44-38-22-12-11-21-34(38)41(35)32-19-9-7-17-30(32)31-18-8-10-20-33(31)41/h1-34H;1-30H;1-26H. The zero-order chi connectivity index (χ0) is 99.2. The Hall–Kier alpha value is -19.7. The maximum atomic E-state index is 6.84.